The van der Waals surface area contributed by atoms with Crippen LogP contribution in [0, 0.1) is 0 Å². The number of carbonyl (C=O) groups is 1. The van der Waals surface area contributed by atoms with Crippen molar-refractivity contribution in [2.45, 2.75) is 51.3 Å². The number of rotatable bonds is 7. The molecule has 136 valence electrons. The van der Waals surface area contributed by atoms with Crippen molar-refractivity contribution in [3.05, 3.63) is 54.1 Å². The molecule has 1 saturated heterocycles. The second-order valence-corrected chi connectivity index (χ2v) is 6.29. The summed E-state index contributed by atoms with van der Waals surface area (Å²) in [4.78, 5) is 11.4. The van der Waals surface area contributed by atoms with E-state index in [0.29, 0.717) is 13.0 Å². The SMILES string of the molecule is CCOC(=O)/C=C/C[C@H]1OC(C)(C)O[C@H]1C(O)/C=C/c1ccccc1. The zero-order valence-corrected chi connectivity index (χ0v) is 14.9. The normalized spacial score (nSPS) is 24.0. The van der Waals surface area contributed by atoms with Crippen LogP contribution in [0.5, 0.6) is 0 Å². The van der Waals surface area contributed by atoms with Gasteiger partial charge in [0.25, 0.3) is 0 Å². The van der Waals surface area contributed by atoms with E-state index in [1.807, 2.05) is 50.3 Å². The Balaban J connectivity index is 2.00. The summed E-state index contributed by atoms with van der Waals surface area (Å²) in [6.45, 7) is 5.71. The summed E-state index contributed by atoms with van der Waals surface area (Å²) in [5.74, 6) is -1.17. The third-order valence-electron chi connectivity index (χ3n) is 3.75. The first kappa shape index (κ1) is 19.4. The topological polar surface area (TPSA) is 65.0 Å². The van der Waals surface area contributed by atoms with Gasteiger partial charge < -0.3 is 19.3 Å². The average Bonchev–Trinajstić information content (AvgIpc) is 2.89. The molecule has 3 atom stereocenters. The van der Waals surface area contributed by atoms with Gasteiger partial charge in [-0.2, -0.15) is 0 Å². The van der Waals surface area contributed by atoms with Crippen LogP contribution in [0.1, 0.15) is 32.8 Å². The fourth-order valence-electron chi connectivity index (χ4n) is 2.71. The largest absolute Gasteiger partial charge is 0.463 e. The lowest BCUT2D eigenvalue weighted by molar-refractivity contribution is -0.152. The lowest BCUT2D eigenvalue weighted by atomic mass is 10.0. The Morgan fingerprint density at radius 3 is 2.72 bits per heavy atom. The number of benzene rings is 1. The summed E-state index contributed by atoms with van der Waals surface area (Å²) in [5, 5.41) is 10.5. The van der Waals surface area contributed by atoms with E-state index in [1.165, 1.54) is 6.08 Å². The van der Waals surface area contributed by atoms with Crippen LogP contribution in [0.4, 0.5) is 0 Å². The third-order valence-corrected chi connectivity index (χ3v) is 3.75. The maximum Gasteiger partial charge on any atom is 0.330 e. The van der Waals surface area contributed by atoms with Gasteiger partial charge in [0.1, 0.15) is 12.2 Å². The number of ether oxygens (including phenoxy) is 3. The van der Waals surface area contributed by atoms with E-state index in [2.05, 4.69) is 0 Å². The van der Waals surface area contributed by atoms with E-state index in [-0.39, 0.29) is 12.1 Å². The zero-order chi connectivity index (χ0) is 18.3. The lowest BCUT2D eigenvalue weighted by Crippen LogP contribution is -2.33. The highest BCUT2D eigenvalue weighted by Crippen LogP contribution is 2.32. The molecule has 0 aliphatic carbocycles. The fourth-order valence-corrected chi connectivity index (χ4v) is 2.71. The van der Waals surface area contributed by atoms with E-state index >= 15 is 0 Å². The first-order valence-corrected chi connectivity index (χ1v) is 8.51. The smallest absolute Gasteiger partial charge is 0.330 e. The summed E-state index contributed by atoms with van der Waals surface area (Å²) in [6, 6.07) is 9.73. The van der Waals surface area contributed by atoms with Crippen molar-refractivity contribution in [1.29, 1.82) is 0 Å². The van der Waals surface area contributed by atoms with Crippen molar-refractivity contribution < 1.29 is 24.1 Å². The molecule has 0 amide bonds. The van der Waals surface area contributed by atoms with Crippen molar-refractivity contribution in [2.75, 3.05) is 6.61 Å². The van der Waals surface area contributed by atoms with Gasteiger partial charge in [0.15, 0.2) is 5.79 Å². The Morgan fingerprint density at radius 2 is 2.04 bits per heavy atom. The van der Waals surface area contributed by atoms with Crippen LogP contribution in [0.25, 0.3) is 6.08 Å². The van der Waals surface area contributed by atoms with Crippen molar-refractivity contribution in [1.82, 2.24) is 0 Å². The number of esters is 1. The molecule has 5 heteroatoms. The van der Waals surface area contributed by atoms with Crippen LogP contribution < -0.4 is 0 Å². The molecule has 1 aliphatic rings. The summed E-state index contributed by atoms with van der Waals surface area (Å²) in [5.41, 5.74) is 0.999. The molecule has 0 radical (unpaired) electrons. The Hall–Kier alpha value is -1.95. The van der Waals surface area contributed by atoms with Gasteiger partial charge in [-0.3, -0.25) is 0 Å². The minimum atomic E-state index is -0.817. The summed E-state index contributed by atoms with van der Waals surface area (Å²) < 4.78 is 16.6. The molecule has 5 nitrogen and oxygen atoms in total. The molecule has 1 aliphatic heterocycles. The summed E-state index contributed by atoms with van der Waals surface area (Å²) >= 11 is 0. The average molecular weight is 346 g/mol. The minimum absolute atomic E-state index is 0.338. The molecular formula is C20H26O5. The van der Waals surface area contributed by atoms with Crippen molar-refractivity contribution in [3.8, 4) is 0 Å². The summed E-state index contributed by atoms with van der Waals surface area (Å²) in [7, 11) is 0. The molecule has 2 rings (SSSR count). The quantitative estimate of drug-likeness (QED) is 0.607. The van der Waals surface area contributed by atoms with Crippen LogP contribution >= 0.6 is 0 Å². The van der Waals surface area contributed by atoms with E-state index < -0.39 is 18.0 Å². The van der Waals surface area contributed by atoms with E-state index in [0.717, 1.165) is 5.56 Å². The molecule has 1 unspecified atom stereocenters. The van der Waals surface area contributed by atoms with Crippen LogP contribution in [0.3, 0.4) is 0 Å². The van der Waals surface area contributed by atoms with Gasteiger partial charge in [-0.1, -0.05) is 48.6 Å². The first-order chi connectivity index (χ1) is 11.9. The first-order valence-electron chi connectivity index (χ1n) is 8.51. The predicted molar refractivity (Wildman–Crippen MR) is 95.7 cm³/mol. The minimum Gasteiger partial charge on any atom is -0.463 e. The number of hydrogen-bond donors (Lipinski definition) is 1. The molecule has 0 spiro atoms. The van der Waals surface area contributed by atoms with Crippen LogP contribution in [0.15, 0.2) is 48.6 Å². The number of aliphatic hydroxyl groups excluding tert-OH is 1. The van der Waals surface area contributed by atoms with E-state index in [9.17, 15) is 9.90 Å². The number of carbonyl (C=O) groups excluding carboxylic acids is 1. The molecule has 1 fully saturated rings. The van der Waals surface area contributed by atoms with Crippen LogP contribution in [-0.2, 0) is 19.0 Å². The molecule has 25 heavy (non-hydrogen) atoms. The Labute approximate surface area is 148 Å². The molecule has 0 aromatic heterocycles. The monoisotopic (exact) mass is 346 g/mol. The standard InChI is InChI=1S/C20H26O5/c1-4-23-18(22)12-8-11-17-19(25-20(2,3)24-17)16(21)14-13-15-9-6-5-7-10-15/h5-10,12-14,16-17,19,21H,4,11H2,1-3H3/b12-8+,14-13+/t16?,17-,19+/m1/s1. The Kier molecular flexibility index (Phi) is 6.93. The third kappa shape index (κ3) is 6.12. The molecule has 1 N–H and O–H groups in total. The van der Waals surface area contributed by atoms with Gasteiger partial charge >= 0.3 is 5.97 Å². The lowest BCUT2D eigenvalue weighted by Gasteiger charge is -2.19. The molecule has 0 bridgehead atoms. The highest BCUT2D eigenvalue weighted by molar-refractivity contribution is 5.81. The molecule has 0 saturated carbocycles. The molecule has 1 aromatic rings. The van der Waals surface area contributed by atoms with Crippen LogP contribution in [0.2, 0.25) is 0 Å². The second kappa shape index (κ2) is 8.94. The molecular weight excluding hydrogens is 320 g/mol. The highest BCUT2D eigenvalue weighted by atomic mass is 16.8. The molecule has 1 aromatic carbocycles. The van der Waals surface area contributed by atoms with Gasteiger partial charge in [0.05, 0.1) is 12.7 Å². The maximum absolute atomic E-state index is 11.4. The van der Waals surface area contributed by atoms with Crippen molar-refractivity contribution >= 4 is 12.0 Å². The zero-order valence-electron chi connectivity index (χ0n) is 14.9. The van der Waals surface area contributed by atoms with Crippen molar-refractivity contribution in [2.24, 2.45) is 0 Å². The van der Waals surface area contributed by atoms with E-state index in [1.54, 1.807) is 19.1 Å². The van der Waals surface area contributed by atoms with Crippen LogP contribution in [-0.4, -0.2) is 41.8 Å². The fraction of sp³-hybridized carbons (Fsp3) is 0.450. The Bertz CT molecular complexity index is 606. The molecule has 1 heterocycles. The summed E-state index contributed by atoms with van der Waals surface area (Å²) in [6.07, 6.45) is 5.39. The van der Waals surface area contributed by atoms with Gasteiger partial charge in [0.2, 0.25) is 0 Å². The maximum atomic E-state index is 11.4. The highest BCUT2D eigenvalue weighted by Gasteiger charge is 2.43. The second-order valence-electron chi connectivity index (χ2n) is 6.29. The van der Waals surface area contributed by atoms with Gasteiger partial charge in [-0.25, -0.2) is 4.79 Å². The van der Waals surface area contributed by atoms with Gasteiger partial charge in [-0.15, -0.1) is 0 Å². The van der Waals surface area contributed by atoms with Gasteiger partial charge in [0, 0.05) is 6.08 Å². The van der Waals surface area contributed by atoms with Crippen molar-refractivity contribution in [3.63, 3.8) is 0 Å². The number of aliphatic hydroxyl groups is 1. The van der Waals surface area contributed by atoms with E-state index in [4.69, 9.17) is 14.2 Å². The van der Waals surface area contributed by atoms with Gasteiger partial charge in [-0.05, 0) is 32.8 Å². The Morgan fingerprint density at radius 1 is 1.32 bits per heavy atom. The number of hydrogen-bond acceptors (Lipinski definition) is 5. The predicted octanol–water partition coefficient (Wildman–Crippen LogP) is 3.09.